The Bertz CT molecular complexity index is 730. The summed E-state index contributed by atoms with van der Waals surface area (Å²) >= 11 is 6.04. The highest BCUT2D eigenvalue weighted by Gasteiger charge is 2.17. The van der Waals surface area contributed by atoms with Crippen LogP contribution in [0.4, 0.5) is 4.39 Å². The average molecular weight is 376 g/mol. The molecule has 1 fully saturated rings. The van der Waals surface area contributed by atoms with Crippen molar-refractivity contribution in [1.82, 2.24) is 15.1 Å². The lowest BCUT2D eigenvalue weighted by atomic mass is 10.2. The van der Waals surface area contributed by atoms with E-state index >= 15 is 0 Å². The zero-order valence-electron chi connectivity index (χ0n) is 14.6. The van der Waals surface area contributed by atoms with Gasteiger partial charge in [0, 0.05) is 56.4 Å². The molecule has 1 aliphatic heterocycles. The Balaban J connectivity index is 1.36. The molecule has 0 atom stereocenters. The summed E-state index contributed by atoms with van der Waals surface area (Å²) in [6, 6.07) is 13.6. The van der Waals surface area contributed by atoms with Gasteiger partial charge in [-0.3, -0.25) is 14.6 Å². The molecule has 4 nitrogen and oxygen atoms in total. The number of amides is 1. The summed E-state index contributed by atoms with van der Waals surface area (Å²) in [5.41, 5.74) is 1.72. The molecule has 0 bridgehead atoms. The Kier molecular flexibility index (Phi) is 6.61. The van der Waals surface area contributed by atoms with Crippen LogP contribution in [0.1, 0.15) is 15.9 Å². The number of piperazine rings is 1. The highest BCUT2D eigenvalue weighted by atomic mass is 35.5. The highest BCUT2D eigenvalue weighted by molar-refractivity contribution is 6.30. The fourth-order valence-corrected chi connectivity index (χ4v) is 3.31. The number of nitrogens with zero attached hydrogens (tertiary/aromatic N) is 2. The van der Waals surface area contributed by atoms with E-state index in [1.165, 1.54) is 29.8 Å². The van der Waals surface area contributed by atoms with Crippen molar-refractivity contribution in [3.63, 3.8) is 0 Å². The smallest absolute Gasteiger partial charge is 0.251 e. The van der Waals surface area contributed by atoms with Gasteiger partial charge in [0.1, 0.15) is 5.82 Å². The lowest BCUT2D eigenvalue weighted by Crippen LogP contribution is -2.48. The molecule has 0 radical (unpaired) electrons. The predicted molar refractivity (Wildman–Crippen MR) is 102 cm³/mol. The van der Waals surface area contributed by atoms with Gasteiger partial charge in [-0.05, 0) is 42.0 Å². The minimum Gasteiger partial charge on any atom is -0.351 e. The summed E-state index contributed by atoms with van der Waals surface area (Å²) in [5, 5.41) is 3.67. The Labute approximate surface area is 158 Å². The molecule has 0 aliphatic carbocycles. The van der Waals surface area contributed by atoms with E-state index in [0.717, 1.165) is 44.3 Å². The summed E-state index contributed by atoms with van der Waals surface area (Å²) in [6.45, 7) is 6.27. The average Bonchev–Trinajstić information content (AvgIpc) is 2.64. The fourth-order valence-electron chi connectivity index (χ4n) is 3.10. The fraction of sp³-hybridized carbons (Fsp3) is 0.350. The molecule has 1 saturated heterocycles. The van der Waals surface area contributed by atoms with Gasteiger partial charge in [0.25, 0.3) is 5.91 Å². The van der Waals surface area contributed by atoms with Crippen LogP contribution < -0.4 is 5.32 Å². The summed E-state index contributed by atoms with van der Waals surface area (Å²) in [6.07, 6.45) is 0. The number of carbonyl (C=O) groups excluding carboxylic acids is 1. The summed E-state index contributed by atoms with van der Waals surface area (Å²) < 4.78 is 12.9. The van der Waals surface area contributed by atoms with Gasteiger partial charge in [-0.15, -0.1) is 0 Å². The van der Waals surface area contributed by atoms with Gasteiger partial charge >= 0.3 is 0 Å². The number of hydrogen-bond donors (Lipinski definition) is 1. The van der Waals surface area contributed by atoms with Crippen molar-refractivity contribution in [3.8, 4) is 0 Å². The third kappa shape index (κ3) is 5.53. The SMILES string of the molecule is O=C(NCCN1CCN(Cc2cccc(Cl)c2)CC1)c1ccc(F)cc1. The highest BCUT2D eigenvalue weighted by Crippen LogP contribution is 2.13. The number of halogens is 2. The van der Waals surface area contributed by atoms with E-state index in [1.54, 1.807) is 0 Å². The van der Waals surface area contributed by atoms with Gasteiger partial charge in [0.15, 0.2) is 0 Å². The standard InChI is InChI=1S/C20H23ClFN3O/c21-18-3-1-2-16(14-18)15-25-12-10-24(11-13-25)9-8-23-20(26)17-4-6-19(22)7-5-17/h1-7,14H,8-13,15H2,(H,23,26). The van der Waals surface area contributed by atoms with Crippen molar-refractivity contribution < 1.29 is 9.18 Å². The largest absolute Gasteiger partial charge is 0.351 e. The molecule has 0 spiro atoms. The van der Waals surface area contributed by atoms with Crippen LogP contribution in [-0.2, 0) is 6.54 Å². The first kappa shape index (κ1) is 18.8. The van der Waals surface area contributed by atoms with E-state index in [4.69, 9.17) is 11.6 Å². The second-order valence-electron chi connectivity index (χ2n) is 6.51. The minimum absolute atomic E-state index is 0.162. The van der Waals surface area contributed by atoms with Gasteiger partial charge in [0.2, 0.25) is 0 Å². The molecule has 0 saturated carbocycles. The lowest BCUT2D eigenvalue weighted by molar-refractivity contribution is 0.0934. The third-order valence-electron chi connectivity index (χ3n) is 4.58. The normalized spacial score (nSPS) is 15.8. The van der Waals surface area contributed by atoms with Crippen molar-refractivity contribution in [2.24, 2.45) is 0 Å². The van der Waals surface area contributed by atoms with E-state index in [0.29, 0.717) is 12.1 Å². The second kappa shape index (κ2) is 9.12. The van der Waals surface area contributed by atoms with E-state index in [2.05, 4.69) is 21.2 Å². The Morgan fingerprint density at radius 2 is 1.73 bits per heavy atom. The molecule has 1 amide bonds. The van der Waals surface area contributed by atoms with Crippen molar-refractivity contribution in [3.05, 3.63) is 70.5 Å². The first-order valence-electron chi connectivity index (χ1n) is 8.83. The Hall–Kier alpha value is -1.95. The van der Waals surface area contributed by atoms with E-state index < -0.39 is 0 Å². The Morgan fingerprint density at radius 1 is 1.04 bits per heavy atom. The van der Waals surface area contributed by atoms with Crippen LogP contribution in [0, 0.1) is 5.82 Å². The van der Waals surface area contributed by atoms with Gasteiger partial charge < -0.3 is 5.32 Å². The summed E-state index contributed by atoms with van der Waals surface area (Å²) in [4.78, 5) is 16.8. The maximum Gasteiger partial charge on any atom is 0.251 e. The van der Waals surface area contributed by atoms with Gasteiger partial charge in [0.05, 0.1) is 0 Å². The predicted octanol–water partition coefficient (Wildman–Crippen LogP) is 3.03. The minimum atomic E-state index is -0.336. The topological polar surface area (TPSA) is 35.6 Å². The molecule has 3 rings (SSSR count). The molecule has 2 aromatic rings. The number of rotatable bonds is 6. The van der Waals surface area contributed by atoms with Crippen LogP contribution in [0.25, 0.3) is 0 Å². The van der Waals surface area contributed by atoms with Crippen molar-refractivity contribution in [2.45, 2.75) is 6.54 Å². The second-order valence-corrected chi connectivity index (χ2v) is 6.95. The van der Waals surface area contributed by atoms with Crippen LogP contribution in [0.5, 0.6) is 0 Å². The van der Waals surface area contributed by atoms with Crippen LogP contribution in [-0.4, -0.2) is 55.0 Å². The molecule has 138 valence electrons. The first-order valence-corrected chi connectivity index (χ1v) is 9.21. The van der Waals surface area contributed by atoms with Crippen molar-refractivity contribution in [2.75, 3.05) is 39.3 Å². The molecular formula is C20H23ClFN3O. The number of carbonyl (C=O) groups is 1. The third-order valence-corrected chi connectivity index (χ3v) is 4.82. The summed E-state index contributed by atoms with van der Waals surface area (Å²) in [5.74, 6) is -0.498. The quantitative estimate of drug-likeness (QED) is 0.843. The van der Waals surface area contributed by atoms with Crippen LogP contribution in [0.15, 0.2) is 48.5 Å². The van der Waals surface area contributed by atoms with E-state index in [-0.39, 0.29) is 11.7 Å². The molecule has 1 heterocycles. The van der Waals surface area contributed by atoms with Crippen molar-refractivity contribution in [1.29, 1.82) is 0 Å². The number of nitrogens with one attached hydrogen (secondary N) is 1. The molecule has 0 unspecified atom stereocenters. The molecule has 1 N–H and O–H groups in total. The maximum atomic E-state index is 12.9. The van der Waals surface area contributed by atoms with Crippen molar-refractivity contribution >= 4 is 17.5 Å². The molecule has 1 aliphatic rings. The molecule has 0 aromatic heterocycles. The van der Waals surface area contributed by atoms with Crippen LogP contribution >= 0.6 is 11.6 Å². The monoisotopic (exact) mass is 375 g/mol. The van der Waals surface area contributed by atoms with Gasteiger partial charge in [-0.1, -0.05) is 23.7 Å². The van der Waals surface area contributed by atoms with E-state index in [1.807, 2.05) is 18.2 Å². The zero-order chi connectivity index (χ0) is 18.4. The Morgan fingerprint density at radius 3 is 2.42 bits per heavy atom. The maximum absolute atomic E-state index is 12.9. The molecule has 6 heteroatoms. The lowest BCUT2D eigenvalue weighted by Gasteiger charge is -2.34. The molecular weight excluding hydrogens is 353 g/mol. The molecule has 26 heavy (non-hydrogen) atoms. The zero-order valence-corrected chi connectivity index (χ0v) is 15.4. The summed E-state index contributed by atoms with van der Waals surface area (Å²) in [7, 11) is 0. The van der Waals surface area contributed by atoms with Gasteiger partial charge in [-0.25, -0.2) is 4.39 Å². The van der Waals surface area contributed by atoms with E-state index in [9.17, 15) is 9.18 Å². The number of hydrogen-bond acceptors (Lipinski definition) is 3. The molecule has 2 aromatic carbocycles. The number of benzene rings is 2. The van der Waals surface area contributed by atoms with Gasteiger partial charge in [-0.2, -0.15) is 0 Å². The first-order chi connectivity index (χ1) is 12.6. The van der Waals surface area contributed by atoms with Crippen LogP contribution in [0.3, 0.4) is 0 Å². The van der Waals surface area contributed by atoms with Crippen LogP contribution in [0.2, 0.25) is 5.02 Å².